The number of benzene rings is 2. The molecule has 0 aromatic heterocycles. The highest BCUT2D eigenvalue weighted by atomic mass is 32.2. The highest BCUT2D eigenvalue weighted by Gasteiger charge is 2.21. The second-order valence-corrected chi connectivity index (χ2v) is 5.99. The number of anilines is 1. The van der Waals surface area contributed by atoms with E-state index in [0.717, 1.165) is 19.6 Å². The van der Waals surface area contributed by atoms with Crippen LogP contribution in [0.15, 0.2) is 54.6 Å². The maximum Gasteiger partial charge on any atom is 0.0482 e. The topological polar surface area (TPSA) is 6.48 Å². The maximum atomic E-state index is 2.41. The molecule has 1 saturated heterocycles. The molecule has 0 saturated carbocycles. The molecule has 2 aromatic rings. The summed E-state index contributed by atoms with van der Waals surface area (Å²) < 4.78 is 4.78. The van der Waals surface area contributed by atoms with Gasteiger partial charge in [-0.2, -0.15) is 0 Å². The minimum Gasteiger partial charge on any atom is -0.302 e. The average molecular weight is 270 g/mol. The van der Waals surface area contributed by atoms with E-state index in [9.17, 15) is 0 Å². The van der Waals surface area contributed by atoms with Gasteiger partial charge in [0.15, 0.2) is 0 Å². The second-order valence-electron chi connectivity index (χ2n) is 4.87. The number of aryl methyl sites for hydroxylation is 1. The lowest BCUT2D eigenvalue weighted by atomic mass is 10.2. The molecule has 0 unspecified atom stereocenters. The van der Waals surface area contributed by atoms with Crippen molar-refractivity contribution in [2.75, 3.05) is 17.4 Å². The van der Waals surface area contributed by atoms with Crippen molar-refractivity contribution >= 4 is 17.8 Å². The van der Waals surface area contributed by atoms with Crippen molar-refractivity contribution in [1.82, 2.24) is 4.31 Å². The third-order valence-corrected chi connectivity index (χ3v) is 4.42. The first-order valence-electron chi connectivity index (χ1n) is 6.62. The van der Waals surface area contributed by atoms with Crippen molar-refractivity contribution < 1.29 is 0 Å². The first-order valence-corrected chi connectivity index (χ1v) is 7.35. The van der Waals surface area contributed by atoms with Crippen molar-refractivity contribution in [3.8, 4) is 0 Å². The summed E-state index contributed by atoms with van der Waals surface area (Å²) in [5.41, 5.74) is 3.99. The van der Waals surface area contributed by atoms with Crippen LogP contribution in [0.4, 0.5) is 5.69 Å². The predicted molar refractivity (Wildman–Crippen MR) is 83.0 cm³/mol. The molecule has 0 spiro atoms. The Labute approximate surface area is 119 Å². The highest BCUT2D eigenvalue weighted by molar-refractivity contribution is 7.98. The van der Waals surface area contributed by atoms with Crippen LogP contribution >= 0.6 is 12.1 Å². The molecule has 3 rings (SSSR count). The van der Waals surface area contributed by atoms with Gasteiger partial charge >= 0.3 is 0 Å². The molecule has 1 fully saturated rings. The Bertz CT molecular complexity index is 524. The van der Waals surface area contributed by atoms with Gasteiger partial charge in [-0.15, -0.1) is 0 Å². The van der Waals surface area contributed by atoms with E-state index in [1.54, 1.807) is 0 Å². The van der Waals surface area contributed by atoms with Crippen LogP contribution in [0.2, 0.25) is 0 Å². The largest absolute Gasteiger partial charge is 0.302 e. The van der Waals surface area contributed by atoms with Gasteiger partial charge in [0.2, 0.25) is 0 Å². The van der Waals surface area contributed by atoms with Gasteiger partial charge in [0.1, 0.15) is 0 Å². The van der Waals surface area contributed by atoms with Crippen molar-refractivity contribution in [3.63, 3.8) is 0 Å². The SMILES string of the molecule is Cc1ccc(N2CCN(Cc3ccccc3)S2)cc1. The fourth-order valence-corrected chi connectivity index (χ4v) is 3.23. The molecular formula is C16H18N2S. The smallest absolute Gasteiger partial charge is 0.0482 e. The Hall–Kier alpha value is -1.45. The van der Waals surface area contributed by atoms with Gasteiger partial charge in [0, 0.05) is 37.5 Å². The first kappa shape index (κ1) is 12.6. The summed E-state index contributed by atoms with van der Waals surface area (Å²) in [7, 11) is 0. The number of hydrogen-bond acceptors (Lipinski definition) is 3. The summed E-state index contributed by atoms with van der Waals surface area (Å²) in [6, 6.07) is 19.4. The second kappa shape index (κ2) is 5.68. The molecule has 98 valence electrons. The minimum atomic E-state index is 1.01. The molecule has 0 bridgehead atoms. The van der Waals surface area contributed by atoms with Crippen LogP contribution in [0.1, 0.15) is 11.1 Å². The Morgan fingerprint density at radius 1 is 0.947 bits per heavy atom. The van der Waals surface area contributed by atoms with E-state index in [2.05, 4.69) is 70.1 Å². The molecule has 1 heterocycles. The maximum absolute atomic E-state index is 2.41. The normalized spacial score (nSPS) is 15.9. The summed E-state index contributed by atoms with van der Waals surface area (Å²) in [5.74, 6) is 0. The van der Waals surface area contributed by atoms with Crippen molar-refractivity contribution in [2.24, 2.45) is 0 Å². The summed E-state index contributed by atoms with van der Waals surface area (Å²) >= 11 is 1.83. The molecule has 1 aliphatic heterocycles. The molecular weight excluding hydrogens is 252 g/mol. The Kier molecular flexibility index (Phi) is 3.76. The number of hydrogen-bond donors (Lipinski definition) is 0. The van der Waals surface area contributed by atoms with Crippen molar-refractivity contribution in [2.45, 2.75) is 13.5 Å². The standard InChI is InChI=1S/C16H18N2S/c1-14-7-9-16(10-8-14)18-12-11-17(19-18)13-15-5-3-2-4-6-15/h2-10H,11-13H2,1H3. The lowest BCUT2D eigenvalue weighted by molar-refractivity contribution is 0.504. The number of nitrogens with zero attached hydrogens (tertiary/aromatic N) is 2. The van der Waals surface area contributed by atoms with E-state index in [-0.39, 0.29) is 0 Å². The summed E-state index contributed by atoms with van der Waals surface area (Å²) in [5, 5.41) is 0. The van der Waals surface area contributed by atoms with Crippen molar-refractivity contribution in [3.05, 3.63) is 65.7 Å². The molecule has 0 radical (unpaired) electrons. The van der Waals surface area contributed by atoms with E-state index in [4.69, 9.17) is 0 Å². The van der Waals surface area contributed by atoms with Crippen LogP contribution < -0.4 is 4.31 Å². The van der Waals surface area contributed by atoms with Gasteiger partial charge in [-0.3, -0.25) is 0 Å². The molecule has 1 aliphatic rings. The molecule has 3 heteroatoms. The Morgan fingerprint density at radius 2 is 1.68 bits per heavy atom. The molecule has 0 atom stereocenters. The van der Waals surface area contributed by atoms with E-state index in [1.807, 2.05) is 12.1 Å². The zero-order valence-corrected chi connectivity index (χ0v) is 11.9. The fraction of sp³-hybridized carbons (Fsp3) is 0.250. The van der Waals surface area contributed by atoms with Gasteiger partial charge in [-0.05, 0) is 24.6 Å². The average Bonchev–Trinajstić information content (AvgIpc) is 2.89. The Morgan fingerprint density at radius 3 is 2.42 bits per heavy atom. The van der Waals surface area contributed by atoms with E-state index in [0.29, 0.717) is 0 Å². The van der Waals surface area contributed by atoms with Crippen LogP contribution in [0.5, 0.6) is 0 Å². The lowest BCUT2D eigenvalue weighted by Gasteiger charge is -2.18. The monoisotopic (exact) mass is 270 g/mol. The van der Waals surface area contributed by atoms with Gasteiger partial charge < -0.3 is 4.31 Å². The number of rotatable bonds is 3. The molecule has 2 aromatic carbocycles. The van der Waals surface area contributed by atoms with E-state index < -0.39 is 0 Å². The lowest BCUT2D eigenvalue weighted by Crippen LogP contribution is -2.11. The van der Waals surface area contributed by atoms with Crippen LogP contribution in [0.3, 0.4) is 0 Å². The molecule has 2 nitrogen and oxygen atoms in total. The first-order chi connectivity index (χ1) is 9.31. The molecule has 0 N–H and O–H groups in total. The van der Waals surface area contributed by atoms with Crippen LogP contribution in [-0.4, -0.2) is 17.4 Å². The summed E-state index contributed by atoms with van der Waals surface area (Å²) in [6.45, 7) is 5.32. The zero-order chi connectivity index (χ0) is 13.1. The zero-order valence-electron chi connectivity index (χ0n) is 11.1. The third-order valence-electron chi connectivity index (χ3n) is 3.29. The third kappa shape index (κ3) is 3.11. The molecule has 0 amide bonds. The van der Waals surface area contributed by atoms with Crippen LogP contribution in [-0.2, 0) is 6.54 Å². The summed E-state index contributed by atoms with van der Waals surface area (Å²) in [4.78, 5) is 0. The summed E-state index contributed by atoms with van der Waals surface area (Å²) in [6.07, 6.45) is 0. The van der Waals surface area contributed by atoms with E-state index >= 15 is 0 Å². The Balaban J connectivity index is 1.62. The van der Waals surface area contributed by atoms with Gasteiger partial charge in [-0.1, -0.05) is 48.0 Å². The van der Waals surface area contributed by atoms with Gasteiger partial charge in [0.05, 0.1) is 0 Å². The van der Waals surface area contributed by atoms with Gasteiger partial charge in [-0.25, -0.2) is 4.31 Å². The highest BCUT2D eigenvalue weighted by Crippen LogP contribution is 2.31. The van der Waals surface area contributed by atoms with Crippen molar-refractivity contribution in [1.29, 1.82) is 0 Å². The van der Waals surface area contributed by atoms with Crippen LogP contribution in [0, 0.1) is 6.92 Å². The fourth-order valence-electron chi connectivity index (χ4n) is 2.21. The quantitative estimate of drug-likeness (QED) is 0.782. The van der Waals surface area contributed by atoms with E-state index in [1.165, 1.54) is 16.8 Å². The van der Waals surface area contributed by atoms with Crippen LogP contribution in [0.25, 0.3) is 0 Å². The van der Waals surface area contributed by atoms with Gasteiger partial charge in [0.25, 0.3) is 0 Å². The molecule has 19 heavy (non-hydrogen) atoms. The predicted octanol–water partition coefficient (Wildman–Crippen LogP) is 3.88. The minimum absolute atomic E-state index is 1.01. The molecule has 0 aliphatic carbocycles.